The molecular formula is C15H21ClFN. The molecule has 0 spiro atoms. The average Bonchev–Trinajstić information content (AvgIpc) is 2.78. The number of halogens is 2. The van der Waals surface area contributed by atoms with Gasteiger partial charge < -0.3 is 5.73 Å². The lowest BCUT2D eigenvalue weighted by Gasteiger charge is -2.28. The Morgan fingerprint density at radius 3 is 2.89 bits per heavy atom. The topological polar surface area (TPSA) is 26.0 Å². The van der Waals surface area contributed by atoms with Gasteiger partial charge in [0.1, 0.15) is 5.82 Å². The van der Waals surface area contributed by atoms with E-state index in [4.69, 9.17) is 17.3 Å². The molecule has 0 radical (unpaired) electrons. The lowest BCUT2D eigenvalue weighted by Crippen LogP contribution is -2.30. The van der Waals surface area contributed by atoms with Gasteiger partial charge in [0.15, 0.2) is 0 Å². The first-order valence-electron chi connectivity index (χ1n) is 6.72. The Hall–Kier alpha value is -0.600. The number of hydrogen-bond donors (Lipinski definition) is 1. The molecule has 1 nitrogen and oxygen atoms in total. The Labute approximate surface area is 114 Å². The fraction of sp³-hybridized carbons (Fsp3) is 0.600. The van der Waals surface area contributed by atoms with Crippen LogP contribution in [-0.4, -0.2) is 6.54 Å². The summed E-state index contributed by atoms with van der Waals surface area (Å²) in [5, 5.41) is 0.601. The fourth-order valence-corrected chi connectivity index (χ4v) is 3.37. The van der Waals surface area contributed by atoms with E-state index < -0.39 is 0 Å². The quantitative estimate of drug-likeness (QED) is 0.872. The summed E-state index contributed by atoms with van der Waals surface area (Å²) in [5.41, 5.74) is 6.75. The molecule has 0 bridgehead atoms. The molecule has 0 aromatic heterocycles. The molecule has 0 saturated heterocycles. The van der Waals surface area contributed by atoms with Crippen LogP contribution in [-0.2, 0) is 6.42 Å². The maximum absolute atomic E-state index is 13.8. The summed E-state index contributed by atoms with van der Waals surface area (Å²) >= 11 is 5.95. The molecule has 1 saturated carbocycles. The Kier molecular flexibility index (Phi) is 4.29. The minimum atomic E-state index is -0.160. The summed E-state index contributed by atoms with van der Waals surface area (Å²) in [7, 11) is 0. The third-order valence-corrected chi connectivity index (χ3v) is 4.62. The van der Waals surface area contributed by atoms with E-state index in [1.54, 1.807) is 12.1 Å². The second-order valence-electron chi connectivity index (χ2n) is 5.63. The van der Waals surface area contributed by atoms with E-state index in [1.165, 1.54) is 18.9 Å². The third-order valence-electron chi connectivity index (χ3n) is 4.39. The van der Waals surface area contributed by atoms with E-state index in [9.17, 15) is 4.39 Å². The molecule has 0 heterocycles. The minimum absolute atomic E-state index is 0.0756. The van der Waals surface area contributed by atoms with Crippen LogP contribution in [0, 0.1) is 17.2 Å². The molecule has 0 aliphatic heterocycles. The number of rotatable bonds is 4. The molecule has 2 N–H and O–H groups in total. The number of benzene rings is 1. The Morgan fingerprint density at radius 1 is 1.50 bits per heavy atom. The van der Waals surface area contributed by atoms with E-state index in [-0.39, 0.29) is 11.2 Å². The van der Waals surface area contributed by atoms with Crippen molar-refractivity contribution in [2.75, 3.05) is 6.54 Å². The van der Waals surface area contributed by atoms with Crippen LogP contribution >= 0.6 is 11.6 Å². The van der Waals surface area contributed by atoms with Crippen LogP contribution in [0.4, 0.5) is 4.39 Å². The molecule has 1 aromatic rings. The maximum atomic E-state index is 13.8. The Balaban J connectivity index is 2.18. The van der Waals surface area contributed by atoms with Gasteiger partial charge in [-0.1, -0.05) is 24.9 Å². The highest BCUT2D eigenvalue weighted by atomic mass is 35.5. The molecule has 1 aromatic carbocycles. The van der Waals surface area contributed by atoms with Crippen LogP contribution in [0.5, 0.6) is 0 Å². The van der Waals surface area contributed by atoms with Crippen molar-refractivity contribution in [1.29, 1.82) is 0 Å². The van der Waals surface area contributed by atoms with Crippen molar-refractivity contribution in [3.05, 3.63) is 34.6 Å². The Bertz CT molecular complexity index is 421. The average molecular weight is 270 g/mol. The van der Waals surface area contributed by atoms with Crippen molar-refractivity contribution >= 4 is 11.6 Å². The molecule has 2 atom stereocenters. The SMILES string of the molecule is CCC1CCC(CN)(Cc2cc(Cl)ccc2F)C1. The Morgan fingerprint density at radius 2 is 2.28 bits per heavy atom. The van der Waals surface area contributed by atoms with Gasteiger partial charge in [0.25, 0.3) is 0 Å². The summed E-state index contributed by atoms with van der Waals surface area (Å²) in [4.78, 5) is 0. The predicted molar refractivity (Wildman–Crippen MR) is 74.2 cm³/mol. The zero-order chi connectivity index (χ0) is 13.2. The molecule has 0 amide bonds. The van der Waals surface area contributed by atoms with Crippen molar-refractivity contribution in [1.82, 2.24) is 0 Å². The van der Waals surface area contributed by atoms with Gasteiger partial charge in [0.2, 0.25) is 0 Å². The third kappa shape index (κ3) is 2.86. The maximum Gasteiger partial charge on any atom is 0.126 e. The van der Waals surface area contributed by atoms with E-state index in [1.807, 2.05) is 0 Å². The van der Waals surface area contributed by atoms with Crippen molar-refractivity contribution in [2.45, 2.75) is 39.0 Å². The standard InChI is InChI=1S/C15H21ClFN/c1-2-11-5-6-15(8-11,10-18)9-12-7-13(16)3-4-14(12)17/h3-4,7,11H,2,5-6,8-10,18H2,1H3. The van der Waals surface area contributed by atoms with Crippen LogP contribution < -0.4 is 5.73 Å². The van der Waals surface area contributed by atoms with Crippen molar-refractivity contribution in [3.8, 4) is 0 Å². The molecule has 18 heavy (non-hydrogen) atoms. The smallest absolute Gasteiger partial charge is 0.126 e. The molecule has 1 fully saturated rings. The molecule has 2 rings (SSSR count). The first kappa shape index (κ1) is 13.8. The van der Waals surface area contributed by atoms with Crippen LogP contribution in [0.15, 0.2) is 18.2 Å². The van der Waals surface area contributed by atoms with Gasteiger partial charge in [-0.2, -0.15) is 0 Å². The zero-order valence-electron chi connectivity index (χ0n) is 10.9. The number of nitrogens with two attached hydrogens (primary N) is 1. The van der Waals surface area contributed by atoms with Crippen LogP contribution in [0.2, 0.25) is 5.02 Å². The van der Waals surface area contributed by atoms with Crippen LogP contribution in [0.1, 0.15) is 38.2 Å². The molecule has 1 aliphatic carbocycles. The molecule has 100 valence electrons. The minimum Gasteiger partial charge on any atom is -0.330 e. The molecule has 2 unspecified atom stereocenters. The van der Waals surface area contributed by atoms with Crippen molar-refractivity contribution in [3.63, 3.8) is 0 Å². The largest absolute Gasteiger partial charge is 0.330 e. The van der Waals surface area contributed by atoms with E-state index in [0.717, 1.165) is 18.8 Å². The van der Waals surface area contributed by atoms with Gasteiger partial charge >= 0.3 is 0 Å². The molecule has 1 aliphatic rings. The van der Waals surface area contributed by atoms with Gasteiger partial charge in [0.05, 0.1) is 0 Å². The highest BCUT2D eigenvalue weighted by Gasteiger charge is 2.37. The first-order chi connectivity index (χ1) is 8.58. The predicted octanol–water partition coefficient (Wildman–Crippen LogP) is 4.18. The van der Waals surface area contributed by atoms with E-state index in [2.05, 4.69) is 6.92 Å². The van der Waals surface area contributed by atoms with Gasteiger partial charge in [-0.25, -0.2) is 4.39 Å². The summed E-state index contributed by atoms with van der Waals surface area (Å²) in [6, 6.07) is 4.79. The second kappa shape index (κ2) is 5.58. The summed E-state index contributed by atoms with van der Waals surface area (Å²) < 4.78 is 13.8. The summed E-state index contributed by atoms with van der Waals surface area (Å²) in [6.07, 6.45) is 5.35. The summed E-state index contributed by atoms with van der Waals surface area (Å²) in [5.74, 6) is 0.586. The van der Waals surface area contributed by atoms with Gasteiger partial charge in [0, 0.05) is 5.02 Å². The van der Waals surface area contributed by atoms with Crippen LogP contribution in [0.25, 0.3) is 0 Å². The lowest BCUT2D eigenvalue weighted by molar-refractivity contribution is 0.287. The fourth-order valence-electron chi connectivity index (χ4n) is 3.18. The summed E-state index contributed by atoms with van der Waals surface area (Å²) in [6.45, 7) is 2.85. The van der Waals surface area contributed by atoms with Gasteiger partial charge in [-0.3, -0.25) is 0 Å². The molecular weight excluding hydrogens is 249 g/mol. The van der Waals surface area contributed by atoms with Crippen molar-refractivity contribution < 1.29 is 4.39 Å². The normalized spacial score (nSPS) is 27.7. The number of hydrogen-bond acceptors (Lipinski definition) is 1. The first-order valence-corrected chi connectivity index (χ1v) is 7.10. The highest BCUT2D eigenvalue weighted by molar-refractivity contribution is 6.30. The van der Waals surface area contributed by atoms with E-state index >= 15 is 0 Å². The van der Waals surface area contributed by atoms with Gasteiger partial charge in [-0.05, 0) is 67.3 Å². The second-order valence-corrected chi connectivity index (χ2v) is 6.07. The van der Waals surface area contributed by atoms with E-state index in [0.29, 0.717) is 23.6 Å². The highest BCUT2D eigenvalue weighted by Crippen LogP contribution is 2.45. The van der Waals surface area contributed by atoms with Crippen LogP contribution in [0.3, 0.4) is 0 Å². The molecule has 3 heteroatoms. The lowest BCUT2D eigenvalue weighted by atomic mass is 9.79. The zero-order valence-corrected chi connectivity index (χ0v) is 11.6. The van der Waals surface area contributed by atoms with Crippen molar-refractivity contribution in [2.24, 2.45) is 17.1 Å². The monoisotopic (exact) mass is 269 g/mol. The van der Waals surface area contributed by atoms with Gasteiger partial charge in [-0.15, -0.1) is 0 Å².